The summed E-state index contributed by atoms with van der Waals surface area (Å²) in [7, 11) is 0. The molecule has 10 nitrogen and oxygen atoms in total. The highest BCUT2D eigenvalue weighted by Gasteiger charge is 2.44. The number of aliphatic hydroxyl groups is 4. The highest BCUT2D eigenvalue weighted by Crippen LogP contribution is 2.22. The molecule has 0 amide bonds. The van der Waals surface area contributed by atoms with Crippen molar-refractivity contribution in [2.24, 2.45) is 0 Å². The van der Waals surface area contributed by atoms with Gasteiger partial charge < -0.3 is 39.4 Å². The smallest absolute Gasteiger partial charge is 0.306 e. The summed E-state index contributed by atoms with van der Waals surface area (Å²) in [5, 5.41) is 40.0. The van der Waals surface area contributed by atoms with Crippen LogP contribution in [0.5, 0.6) is 0 Å². The Morgan fingerprint density at radius 2 is 1.07 bits per heavy atom. The molecule has 1 saturated heterocycles. The van der Waals surface area contributed by atoms with Crippen molar-refractivity contribution in [2.75, 3.05) is 19.8 Å². The first-order chi connectivity index (χ1) is 27.8. The molecule has 1 aliphatic heterocycles. The van der Waals surface area contributed by atoms with Gasteiger partial charge in [-0.25, -0.2) is 0 Å². The van der Waals surface area contributed by atoms with E-state index < -0.39 is 55.4 Å². The number of rotatable bonds is 35. The van der Waals surface area contributed by atoms with E-state index in [9.17, 15) is 30.0 Å². The first-order valence-electron chi connectivity index (χ1n) is 22.0. The minimum Gasteiger partial charge on any atom is -0.462 e. The third kappa shape index (κ3) is 29.1. The van der Waals surface area contributed by atoms with Gasteiger partial charge in [0.25, 0.3) is 0 Å². The molecule has 0 spiro atoms. The molecule has 0 aromatic heterocycles. The van der Waals surface area contributed by atoms with E-state index in [2.05, 4.69) is 74.6 Å². The first-order valence-corrected chi connectivity index (χ1v) is 22.0. The summed E-state index contributed by atoms with van der Waals surface area (Å²) < 4.78 is 22.0. The summed E-state index contributed by atoms with van der Waals surface area (Å²) >= 11 is 0. The number of esters is 2. The number of ether oxygens (including phenoxy) is 4. The number of aliphatic hydroxyl groups excluding tert-OH is 4. The zero-order chi connectivity index (χ0) is 41.6. The summed E-state index contributed by atoms with van der Waals surface area (Å²) in [4.78, 5) is 25.3. The van der Waals surface area contributed by atoms with Crippen LogP contribution in [-0.4, -0.2) is 89.0 Å². The van der Waals surface area contributed by atoms with Crippen molar-refractivity contribution in [3.8, 4) is 0 Å². The summed E-state index contributed by atoms with van der Waals surface area (Å²) in [6.45, 7) is 3.20. The minimum atomic E-state index is -1.61. The minimum absolute atomic E-state index is 0.131. The fourth-order valence-corrected chi connectivity index (χ4v) is 6.12. The summed E-state index contributed by atoms with van der Waals surface area (Å²) in [5.41, 5.74) is 0. The van der Waals surface area contributed by atoms with Crippen LogP contribution in [0.25, 0.3) is 0 Å². The molecule has 10 heteroatoms. The molecular formula is C47H78O10. The van der Waals surface area contributed by atoms with Gasteiger partial charge >= 0.3 is 11.9 Å². The van der Waals surface area contributed by atoms with E-state index in [1.807, 2.05) is 12.2 Å². The van der Waals surface area contributed by atoms with Gasteiger partial charge in [-0.3, -0.25) is 9.59 Å². The van der Waals surface area contributed by atoms with Gasteiger partial charge in [-0.15, -0.1) is 0 Å². The number of carbonyl (C=O) groups is 2. The molecule has 0 aromatic rings. The predicted octanol–water partition coefficient (Wildman–Crippen LogP) is 9.22. The van der Waals surface area contributed by atoms with Gasteiger partial charge in [0.15, 0.2) is 12.4 Å². The fourth-order valence-electron chi connectivity index (χ4n) is 6.12. The van der Waals surface area contributed by atoms with E-state index in [1.54, 1.807) is 0 Å². The Morgan fingerprint density at radius 3 is 1.65 bits per heavy atom. The number of carbonyl (C=O) groups excluding carboxylic acids is 2. The Balaban J connectivity index is 2.41. The zero-order valence-electron chi connectivity index (χ0n) is 35.3. The van der Waals surface area contributed by atoms with E-state index >= 15 is 0 Å². The standard InChI is InChI=1S/C47H78O10/c1-3-5-7-9-11-13-15-17-19-20-22-23-25-27-29-31-33-35-42(49)54-38-40(39-55-47-46(53)45(52)44(51)41(37-48)57-47)56-43(50)36-34-32-30-28-26-24-21-18-16-14-12-10-8-6-4-2/h5,7,11,13,17,19,22-23,27,29-30,32,40-41,44-48,51-53H,3-4,6,8-10,12,14-16,18,20-21,24-26,28,31,33-39H2,1-2H3/b7-5+,13-11+,19-17+,23-22+,29-27+,32-30+/t40-,41-,44+,45?,46?,47-/m0/s1. The maximum atomic E-state index is 12.7. The molecule has 6 atom stereocenters. The lowest BCUT2D eigenvalue weighted by Gasteiger charge is -2.39. The van der Waals surface area contributed by atoms with Crippen molar-refractivity contribution in [2.45, 2.75) is 192 Å². The Labute approximate surface area is 344 Å². The first kappa shape index (κ1) is 52.2. The number of unbranched alkanes of at least 4 members (excludes halogenated alkanes) is 12. The van der Waals surface area contributed by atoms with Gasteiger partial charge in [0.05, 0.1) is 13.2 Å². The van der Waals surface area contributed by atoms with Crippen molar-refractivity contribution in [1.82, 2.24) is 0 Å². The molecule has 0 aromatic carbocycles. The van der Waals surface area contributed by atoms with Crippen LogP contribution in [0.3, 0.4) is 0 Å². The Kier molecular flexibility index (Phi) is 34.2. The van der Waals surface area contributed by atoms with Gasteiger partial charge in [0.2, 0.25) is 0 Å². The maximum Gasteiger partial charge on any atom is 0.306 e. The average Bonchev–Trinajstić information content (AvgIpc) is 3.21. The predicted molar refractivity (Wildman–Crippen MR) is 228 cm³/mol. The molecule has 57 heavy (non-hydrogen) atoms. The molecule has 0 saturated carbocycles. The lowest BCUT2D eigenvalue weighted by Crippen LogP contribution is -2.59. The van der Waals surface area contributed by atoms with Crippen molar-refractivity contribution in [3.05, 3.63) is 72.9 Å². The van der Waals surface area contributed by atoms with E-state index in [0.717, 1.165) is 44.9 Å². The topological polar surface area (TPSA) is 152 Å². The maximum absolute atomic E-state index is 12.7. The monoisotopic (exact) mass is 803 g/mol. The van der Waals surface area contributed by atoms with Crippen molar-refractivity contribution < 1.29 is 49.0 Å². The van der Waals surface area contributed by atoms with Gasteiger partial charge in [-0.05, 0) is 64.2 Å². The Bertz CT molecular complexity index is 1160. The van der Waals surface area contributed by atoms with Gasteiger partial charge in [0, 0.05) is 12.8 Å². The van der Waals surface area contributed by atoms with Crippen LogP contribution in [0.15, 0.2) is 72.9 Å². The zero-order valence-corrected chi connectivity index (χ0v) is 35.3. The SMILES string of the molecule is CC/C=C/C/C=C/C/C=C/C/C=C/C/C=C/CCCC(=O)OC[C@@H](CO[C@H]1O[C@@H](CO)[C@@H](O)C(O)C1O)OC(=O)CC/C=C/CCCCCCCCCCCCC. The molecule has 0 aliphatic carbocycles. The van der Waals surface area contributed by atoms with Crippen LogP contribution >= 0.6 is 0 Å². The molecule has 2 unspecified atom stereocenters. The number of hydrogen-bond donors (Lipinski definition) is 4. The quantitative estimate of drug-likeness (QED) is 0.0277. The van der Waals surface area contributed by atoms with Gasteiger partial charge in [-0.2, -0.15) is 0 Å². The Morgan fingerprint density at radius 1 is 0.561 bits per heavy atom. The van der Waals surface area contributed by atoms with Gasteiger partial charge in [-0.1, -0.05) is 151 Å². The van der Waals surface area contributed by atoms with E-state index in [1.165, 1.54) is 64.2 Å². The molecule has 0 bridgehead atoms. The third-order valence-corrected chi connectivity index (χ3v) is 9.59. The normalized spacial score (nSPS) is 21.0. The molecule has 1 rings (SSSR count). The van der Waals surface area contributed by atoms with Crippen LogP contribution in [-0.2, 0) is 28.5 Å². The third-order valence-electron chi connectivity index (χ3n) is 9.59. The largest absolute Gasteiger partial charge is 0.462 e. The summed E-state index contributed by atoms with van der Waals surface area (Å²) in [5.74, 6) is -0.937. The highest BCUT2D eigenvalue weighted by molar-refractivity contribution is 5.70. The second-order valence-corrected chi connectivity index (χ2v) is 14.8. The van der Waals surface area contributed by atoms with Gasteiger partial charge in [0.1, 0.15) is 31.0 Å². The van der Waals surface area contributed by atoms with Crippen LogP contribution in [0, 0.1) is 0 Å². The van der Waals surface area contributed by atoms with Crippen LogP contribution < -0.4 is 0 Å². The summed E-state index contributed by atoms with van der Waals surface area (Å²) in [6.07, 6.45) is 39.3. The fraction of sp³-hybridized carbons (Fsp3) is 0.702. The van der Waals surface area contributed by atoms with E-state index in [-0.39, 0.29) is 26.1 Å². The molecule has 326 valence electrons. The molecule has 4 N–H and O–H groups in total. The molecule has 1 heterocycles. The van der Waals surface area contributed by atoms with Crippen LogP contribution in [0.4, 0.5) is 0 Å². The van der Waals surface area contributed by atoms with E-state index in [4.69, 9.17) is 18.9 Å². The van der Waals surface area contributed by atoms with Crippen LogP contribution in [0.2, 0.25) is 0 Å². The number of allylic oxidation sites excluding steroid dienone is 12. The molecule has 1 aliphatic rings. The van der Waals surface area contributed by atoms with Crippen molar-refractivity contribution in [3.63, 3.8) is 0 Å². The second-order valence-electron chi connectivity index (χ2n) is 14.8. The highest BCUT2D eigenvalue weighted by atomic mass is 16.7. The lowest BCUT2D eigenvalue weighted by molar-refractivity contribution is -0.305. The lowest BCUT2D eigenvalue weighted by atomic mass is 9.99. The van der Waals surface area contributed by atoms with Crippen LogP contribution in [0.1, 0.15) is 155 Å². The number of hydrogen-bond acceptors (Lipinski definition) is 10. The molecule has 0 radical (unpaired) electrons. The van der Waals surface area contributed by atoms with Crippen molar-refractivity contribution >= 4 is 11.9 Å². The van der Waals surface area contributed by atoms with Crippen molar-refractivity contribution in [1.29, 1.82) is 0 Å². The van der Waals surface area contributed by atoms with E-state index in [0.29, 0.717) is 19.3 Å². The molecule has 1 fully saturated rings. The summed E-state index contributed by atoms with van der Waals surface area (Å²) in [6, 6.07) is 0. The molecular weight excluding hydrogens is 725 g/mol. The Hall–Kier alpha value is -2.86. The average molecular weight is 803 g/mol. The second kappa shape index (κ2) is 37.4.